The van der Waals surface area contributed by atoms with Crippen LogP contribution in [0.3, 0.4) is 0 Å². The first-order valence-electron chi connectivity index (χ1n) is 9.92. The molecule has 2 amide bonds. The van der Waals surface area contributed by atoms with Crippen LogP contribution in [0.15, 0.2) is 30.3 Å². The molecule has 2 aliphatic rings. The number of carbonyl (C=O) groups is 2. The molecule has 0 saturated carbocycles. The summed E-state index contributed by atoms with van der Waals surface area (Å²) >= 11 is 0. The number of benzene rings is 1. The molecule has 1 unspecified atom stereocenters. The van der Waals surface area contributed by atoms with E-state index in [2.05, 4.69) is 5.32 Å². The number of nitrogens with zero attached hydrogens (tertiary/aromatic N) is 2. The zero-order valence-corrected chi connectivity index (χ0v) is 15.8. The predicted molar refractivity (Wildman–Crippen MR) is 103 cm³/mol. The maximum Gasteiger partial charge on any atom is 0.227 e. The third kappa shape index (κ3) is 4.85. The molecule has 2 heterocycles. The van der Waals surface area contributed by atoms with Gasteiger partial charge >= 0.3 is 0 Å². The van der Waals surface area contributed by atoms with Crippen LogP contribution in [0.4, 0.5) is 0 Å². The molecule has 0 aliphatic carbocycles. The smallest absolute Gasteiger partial charge is 0.227 e. The summed E-state index contributed by atoms with van der Waals surface area (Å²) in [5.41, 5.74) is 1.04. The fourth-order valence-corrected chi connectivity index (χ4v) is 4.19. The van der Waals surface area contributed by atoms with Crippen LogP contribution >= 0.6 is 0 Å². The maximum atomic E-state index is 12.9. The molecule has 0 spiro atoms. The van der Waals surface area contributed by atoms with E-state index in [1.165, 1.54) is 0 Å². The minimum atomic E-state index is -0.0238. The third-order valence-electron chi connectivity index (χ3n) is 5.74. The summed E-state index contributed by atoms with van der Waals surface area (Å²) in [5.74, 6) is 1.05. The normalized spacial score (nSPS) is 21.7. The van der Waals surface area contributed by atoms with Crippen molar-refractivity contribution in [2.45, 2.75) is 32.1 Å². The molecule has 0 aromatic heterocycles. The van der Waals surface area contributed by atoms with Crippen LogP contribution in [-0.4, -0.2) is 61.4 Å². The Labute approximate surface area is 156 Å². The van der Waals surface area contributed by atoms with Crippen LogP contribution in [0.2, 0.25) is 0 Å². The summed E-state index contributed by atoms with van der Waals surface area (Å²) in [7, 11) is 1.99. The van der Waals surface area contributed by atoms with Gasteiger partial charge in [-0.2, -0.15) is 0 Å². The highest BCUT2D eigenvalue weighted by molar-refractivity contribution is 5.82. The third-order valence-corrected chi connectivity index (χ3v) is 5.74. The molecular formula is C21H31N3O2. The summed E-state index contributed by atoms with van der Waals surface area (Å²) in [6.45, 7) is 4.12. The van der Waals surface area contributed by atoms with Crippen LogP contribution in [-0.2, 0) is 16.0 Å². The van der Waals surface area contributed by atoms with Crippen molar-refractivity contribution >= 4 is 11.8 Å². The van der Waals surface area contributed by atoms with E-state index in [9.17, 15) is 9.59 Å². The summed E-state index contributed by atoms with van der Waals surface area (Å²) in [4.78, 5) is 29.5. The summed E-state index contributed by atoms with van der Waals surface area (Å²) in [5, 5.41) is 3.24. The average molecular weight is 357 g/mol. The minimum absolute atomic E-state index is 0.0238. The highest BCUT2D eigenvalue weighted by Gasteiger charge is 2.32. The van der Waals surface area contributed by atoms with Crippen molar-refractivity contribution in [2.75, 3.05) is 39.8 Å². The first kappa shape index (κ1) is 18.9. The van der Waals surface area contributed by atoms with Gasteiger partial charge in [0.2, 0.25) is 11.8 Å². The Bertz CT molecular complexity index is 597. The lowest BCUT2D eigenvalue weighted by Crippen LogP contribution is -2.49. The van der Waals surface area contributed by atoms with E-state index in [1.807, 2.05) is 47.2 Å². The Balaban J connectivity index is 1.51. The number of hydrogen-bond acceptors (Lipinski definition) is 3. The van der Waals surface area contributed by atoms with Gasteiger partial charge in [-0.05, 0) is 50.8 Å². The summed E-state index contributed by atoms with van der Waals surface area (Å²) in [6, 6.07) is 9.86. The van der Waals surface area contributed by atoms with Gasteiger partial charge in [0.25, 0.3) is 0 Å². The highest BCUT2D eigenvalue weighted by atomic mass is 16.2. The average Bonchev–Trinajstić information content (AvgIpc) is 2.69. The van der Waals surface area contributed by atoms with E-state index >= 15 is 0 Å². The van der Waals surface area contributed by atoms with Crippen molar-refractivity contribution in [3.05, 3.63) is 35.9 Å². The summed E-state index contributed by atoms with van der Waals surface area (Å²) < 4.78 is 0. The van der Waals surface area contributed by atoms with Crippen molar-refractivity contribution in [3.63, 3.8) is 0 Å². The van der Waals surface area contributed by atoms with Gasteiger partial charge in [-0.15, -0.1) is 0 Å². The number of rotatable bonds is 5. The number of hydrogen-bond donors (Lipinski definition) is 1. The molecule has 5 heteroatoms. The molecule has 1 N–H and O–H groups in total. The molecule has 142 valence electrons. The molecule has 3 rings (SSSR count). The summed E-state index contributed by atoms with van der Waals surface area (Å²) in [6.07, 6.45) is 4.42. The van der Waals surface area contributed by atoms with Gasteiger partial charge in [-0.25, -0.2) is 0 Å². The number of likely N-dealkylation sites (tertiary alicyclic amines) is 2. The number of nitrogens with one attached hydrogen (secondary N) is 1. The van der Waals surface area contributed by atoms with E-state index in [-0.39, 0.29) is 17.7 Å². The van der Waals surface area contributed by atoms with Gasteiger partial charge in [0.15, 0.2) is 0 Å². The van der Waals surface area contributed by atoms with Gasteiger partial charge in [-0.1, -0.05) is 30.3 Å². The molecule has 0 bridgehead atoms. The van der Waals surface area contributed by atoms with Crippen molar-refractivity contribution in [1.82, 2.24) is 15.1 Å². The Hall–Kier alpha value is -1.88. The van der Waals surface area contributed by atoms with E-state index in [0.29, 0.717) is 18.9 Å². The lowest BCUT2D eigenvalue weighted by molar-refractivity contribution is -0.141. The molecule has 26 heavy (non-hydrogen) atoms. The molecule has 2 saturated heterocycles. The van der Waals surface area contributed by atoms with Crippen LogP contribution in [0.1, 0.15) is 31.2 Å². The largest absolute Gasteiger partial charge is 0.342 e. The molecule has 2 fully saturated rings. The zero-order valence-electron chi connectivity index (χ0n) is 15.8. The van der Waals surface area contributed by atoms with Crippen molar-refractivity contribution in [2.24, 2.45) is 11.8 Å². The van der Waals surface area contributed by atoms with Gasteiger partial charge in [-0.3, -0.25) is 9.59 Å². The van der Waals surface area contributed by atoms with E-state index in [1.54, 1.807) is 0 Å². The Kier molecular flexibility index (Phi) is 6.67. The van der Waals surface area contributed by atoms with Gasteiger partial charge in [0.05, 0.1) is 12.3 Å². The molecular weight excluding hydrogens is 326 g/mol. The van der Waals surface area contributed by atoms with E-state index in [0.717, 1.165) is 57.4 Å². The van der Waals surface area contributed by atoms with Gasteiger partial charge in [0, 0.05) is 26.2 Å². The van der Waals surface area contributed by atoms with Crippen molar-refractivity contribution < 1.29 is 9.59 Å². The second-order valence-corrected chi connectivity index (χ2v) is 7.67. The van der Waals surface area contributed by atoms with Crippen molar-refractivity contribution in [1.29, 1.82) is 0 Å². The molecule has 0 radical (unpaired) electrons. The molecule has 2 aliphatic heterocycles. The van der Waals surface area contributed by atoms with Gasteiger partial charge in [0.1, 0.15) is 0 Å². The predicted octanol–water partition coefficient (Wildman–Crippen LogP) is 1.93. The number of piperidine rings is 2. The first-order chi connectivity index (χ1) is 12.7. The van der Waals surface area contributed by atoms with E-state index in [4.69, 9.17) is 0 Å². The highest BCUT2D eigenvalue weighted by Crippen LogP contribution is 2.23. The van der Waals surface area contributed by atoms with Crippen LogP contribution in [0, 0.1) is 11.8 Å². The standard InChI is InChI=1S/C21H31N3O2/c1-22-15-18-9-12-23(13-10-18)21(26)19-8-5-11-24(16-19)20(25)14-17-6-3-2-4-7-17/h2-4,6-7,18-19,22H,5,8-16H2,1H3. The molecule has 1 aromatic rings. The van der Waals surface area contributed by atoms with Crippen molar-refractivity contribution in [3.8, 4) is 0 Å². The monoisotopic (exact) mass is 357 g/mol. The fraction of sp³-hybridized carbons (Fsp3) is 0.619. The molecule has 1 aromatic carbocycles. The fourth-order valence-electron chi connectivity index (χ4n) is 4.19. The van der Waals surface area contributed by atoms with Crippen LogP contribution in [0.25, 0.3) is 0 Å². The second-order valence-electron chi connectivity index (χ2n) is 7.67. The SMILES string of the molecule is CNCC1CCN(C(=O)C2CCCN(C(=O)Cc3ccccc3)C2)CC1. The zero-order chi connectivity index (χ0) is 18.4. The number of amides is 2. The Morgan fingerprint density at radius 1 is 1.04 bits per heavy atom. The lowest BCUT2D eigenvalue weighted by atomic mass is 9.92. The lowest BCUT2D eigenvalue weighted by Gasteiger charge is -2.38. The quantitative estimate of drug-likeness (QED) is 0.876. The topological polar surface area (TPSA) is 52.7 Å². The number of carbonyl (C=O) groups excluding carboxylic acids is 2. The van der Waals surface area contributed by atoms with Crippen LogP contribution < -0.4 is 5.32 Å². The first-order valence-corrected chi connectivity index (χ1v) is 9.92. The van der Waals surface area contributed by atoms with Crippen LogP contribution in [0.5, 0.6) is 0 Å². The second kappa shape index (κ2) is 9.17. The Morgan fingerprint density at radius 3 is 2.46 bits per heavy atom. The van der Waals surface area contributed by atoms with Gasteiger partial charge < -0.3 is 15.1 Å². The molecule has 5 nitrogen and oxygen atoms in total. The maximum absolute atomic E-state index is 12.9. The van der Waals surface area contributed by atoms with E-state index < -0.39 is 0 Å². The molecule has 1 atom stereocenters. The Morgan fingerprint density at radius 2 is 1.77 bits per heavy atom. The minimum Gasteiger partial charge on any atom is -0.342 e.